The Morgan fingerprint density at radius 3 is 2.66 bits per heavy atom. The number of urea groups is 1. The molecule has 150 valence electrons. The van der Waals surface area contributed by atoms with E-state index in [1.165, 1.54) is 11.1 Å². The number of hydrogen-bond acceptors (Lipinski definition) is 4. The number of rotatable bonds is 6. The molecule has 0 unspecified atom stereocenters. The van der Waals surface area contributed by atoms with Crippen molar-refractivity contribution in [2.45, 2.75) is 38.1 Å². The third kappa shape index (κ3) is 3.44. The third-order valence-electron chi connectivity index (χ3n) is 5.56. The van der Waals surface area contributed by atoms with E-state index in [0.717, 1.165) is 24.3 Å². The Kier molecular flexibility index (Phi) is 4.96. The van der Waals surface area contributed by atoms with Gasteiger partial charge in [-0.15, -0.1) is 0 Å². The average molecular weight is 393 g/mol. The van der Waals surface area contributed by atoms with Gasteiger partial charge in [-0.2, -0.15) is 5.01 Å². The Balaban J connectivity index is 1.41. The summed E-state index contributed by atoms with van der Waals surface area (Å²) in [5.74, 6) is -0.485. The minimum absolute atomic E-state index is 0.291. The molecule has 0 saturated carbocycles. The molecule has 29 heavy (non-hydrogen) atoms. The highest BCUT2D eigenvalue weighted by molar-refractivity contribution is 6.08. The molecule has 1 fully saturated rings. The van der Waals surface area contributed by atoms with Crippen LogP contribution in [0, 0.1) is 0 Å². The summed E-state index contributed by atoms with van der Waals surface area (Å²) in [6.07, 6.45) is 3.58. The summed E-state index contributed by atoms with van der Waals surface area (Å²) in [4.78, 5) is 37.7. The number of fused-ring (bicyclic) bond motifs is 1. The number of carbonyl (C=O) groups is 3. The molecule has 4 amide bonds. The van der Waals surface area contributed by atoms with E-state index in [1.807, 2.05) is 31.2 Å². The number of benzene rings is 2. The van der Waals surface area contributed by atoms with Crippen molar-refractivity contribution in [1.29, 1.82) is 0 Å². The van der Waals surface area contributed by atoms with Gasteiger partial charge in [-0.1, -0.05) is 43.3 Å². The maximum Gasteiger partial charge on any atom is 0.344 e. The molecule has 2 N–H and O–H groups in total. The molecule has 0 aromatic heterocycles. The minimum Gasteiger partial charge on any atom is -0.484 e. The molecule has 1 aliphatic heterocycles. The number of hydrazine groups is 1. The van der Waals surface area contributed by atoms with Crippen LogP contribution in [0.3, 0.4) is 0 Å². The zero-order chi connectivity index (χ0) is 20.4. The normalized spacial score (nSPS) is 20.4. The topological polar surface area (TPSA) is 87.7 Å². The molecule has 7 heteroatoms. The first-order valence-corrected chi connectivity index (χ1v) is 9.80. The highest BCUT2D eigenvalue weighted by atomic mass is 16.5. The summed E-state index contributed by atoms with van der Waals surface area (Å²) in [7, 11) is 0. The van der Waals surface area contributed by atoms with Gasteiger partial charge in [0.25, 0.3) is 11.8 Å². The molecular weight excluding hydrogens is 370 g/mol. The van der Waals surface area contributed by atoms with E-state index in [9.17, 15) is 14.4 Å². The zero-order valence-corrected chi connectivity index (χ0v) is 16.2. The zero-order valence-electron chi connectivity index (χ0n) is 16.2. The fourth-order valence-corrected chi connectivity index (χ4v) is 3.98. The molecule has 0 spiro atoms. The molecule has 1 saturated heterocycles. The molecule has 2 aliphatic rings. The van der Waals surface area contributed by atoms with Crippen molar-refractivity contribution in [3.8, 4) is 5.75 Å². The number of amides is 4. The number of carbonyl (C=O) groups excluding carboxylic acids is 3. The number of hydrogen-bond donors (Lipinski definition) is 2. The second-order valence-electron chi connectivity index (χ2n) is 7.30. The Morgan fingerprint density at radius 2 is 1.90 bits per heavy atom. The van der Waals surface area contributed by atoms with E-state index in [0.29, 0.717) is 17.7 Å². The van der Waals surface area contributed by atoms with E-state index >= 15 is 0 Å². The van der Waals surface area contributed by atoms with Gasteiger partial charge in [0.05, 0.1) is 0 Å². The molecular formula is C22H23N3O4. The van der Waals surface area contributed by atoms with Gasteiger partial charge in [-0.3, -0.25) is 15.0 Å². The predicted molar refractivity (Wildman–Crippen MR) is 106 cm³/mol. The van der Waals surface area contributed by atoms with Gasteiger partial charge in [0.15, 0.2) is 6.61 Å². The highest BCUT2D eigenvalue weighted by Gasteiger charge is 2.52. The van der Waals surface area contributed by atoms with Gasteiger partial charge in [0.1, 0.15) is 11.3 Å². The van der Waals surface area contributed by atoms with Crippen molar-refractivity contribution in [3.05, 3.63) is 65.2 Å². The molecule has 1 aliphatic carbocycles. The second-order valence-corrected chi connectivity index (χ2v) is 7.30. The van der Waals surface area contributed by atoms with Gasteiger partial charge in [-0.05, 0) is 54.5 Å². The van der Waals surface area contributed by atoms with E-state index in [4.69, 9.17) is 4.74 Å². The summed E-state index contributed by atoms with van der Waals surface area (Å²) >= 11 is 0. The fourth-order valence-electron chi connectivity index (χ4n) is 3.98. The van der Waals surface area contributed by atoms with Crippen LogP contribution >= 0.6 is 0 Å². The monoisotopic (exact) mass is 393 g/mol. The molecule has 4 rings (SSSR count). The van der Waals surface area contributed by atoms with Crippen molar-refractivity contribution in [3.63, 3.8) is 0 Å². The van der Waals surface area contributed by atoms with Crippen LogP contribution in [-0.4, -0.2) is 29.5 Å². The molecule has 2 aromatic carbocycles. The van der Waals surface area contributed by atoms with E-state index < -0.39 is 23.4 Å². The van der Waals surface area contributed by atoms with Crippen LogP contribution in [0.5, 0.6) is 5.75 Å². The van der Waals surface area contributed by atoms with Gasteiger partial charge < -0.3 is 10.1 Å². The van der Waals surface area contributed by atoms with Crippen molar-refractivity contribution in [2.75, 3.05) is 6.61 Å². The summed E-state index contributed by atoms with van der Waals surface area (Å²) in [5.41, 5.74) is 4.41. The van der Waals surface area contributed by atoms with E-state index in [1.54, 1.807) is 24.3 Å². The lowest BCUT2D eigenvalue weighted by atomic mass is 9.87. The summed E-state index contributed by atoms with van der Waals surface area (Å²) in [6.45, 7) is 1.52. The Bertz CT molecular complexity index is 960. The quantitative estimate of drug-likeness (QED) is 0.738. The van der Waals surface area contributed by atoms with Gasteiger partial charge in [0.2, 0.25) is 0 Å². The lowest BCUT2D eigenvalue weighted by Crippen LogP contribution is -2.49. The van der Waals surface area contributed by atoms with Crippen LogP contribution in [0.25, 0.3) is 0 Å². The SMILES string of the molecule is CC[C@]1(c2ccccc2)NC(=O)N(NC(=O)COc2ccc3c(c2)CCC3)C1=O. The van der Waals surface area contributed by atoms with Crippen LogP contribution < -0.4 is 15.5 Å². The predicted octanol–water partition coefficient (Wildman–Crippen LogP) is 2.44. The first-order chi connectivity index (χ1) is 14.0. The molecule has 2 aromatic rings. The highest BCUT2D eigenvalue weighted by Crippen LogP contribution is 2.31. The lowest BCUT2D eigenvalue weighted by Gasteiger charge is -2.25. The largest absolute Gasteiger partial charge is 0.484 e. The molecule has 0 radical (unpaired) electrons. The number of imide groups is 1. The molecule has 7 nitrogen and oxygen atoms in total. The number of aryl methyl sites for hydroxylation is 2. The average Bonchev–Trinajstić information content (AvgIpc) is 3.31. The lowest BCUT2D eigenvalue weighted by molar-refractivity contribution is -0.140. The van der Waals surface area contributed by atoms with Crippen LogP contribution in [-0.2, 0) is 28.0 Å². The van der Waals surface area contributed by atoms with Gasteiger partial charge >= 0.3 is 6.03 Å². The molecule has 1 atom stereocenters. The van der Waals surface area contributed by atoms with E-state index in [-0.39, 0.29) is 6.61 Å². The maximum absolute atomic E-state index is 13.0. The number of ether oxygens (including phenoxy) is 1. The van der Waals surface area contributed by atoms with Crippen molar-refractivity contribution in [2.24, 2.45) is 0 Å². The second kappa shape index (κ2) is 7.58. The van der Waals surface area contributed by atoms with Crippen LogP contribution in [0.4, 0.5) is 4.79 Å². The third-order valence-corrected chi connectivity index (χ3v) is 5.56. The summed E-state index contributed by atoms with van der Waals surface area (Å²) < 4.78 is 5.56. The standard InChI is InChI=1S/C22H23N3O4/c1-2-22(17-9-4-3-5-10-17)20(27)25(21(28)23-22)24-19(26)14-29-18-12-11-15-7-6-8-16(15)13-18/h3-5,9-13H,2,6-8,14H2,1H3,(H,23,28)(H,24,26)/t22-/m1/s1. The Labute approximate surface area is 169 Å². The smallest absolute Gasteiger partial charge is 0.344 e. The van der Waals surface area contributed by atoms with Crippen molar-refractivity contribution >= 4 is 17.8 Å². The summed E-state index contributed by atoms with van der Waals surface area (Å²) in [6, 6.07) is 14.1. The van der Waals surface area contributed by atoms with Crippen LogP contribution in [0.2, 0.25) is 0 Å². The van der Waals surface area contributed by atoms with Crippen molar-refractivity contribution in [1.82, 2.24) is 15.8 Å². The van der Waals surface area contributed by atoms with Gasteiger partial charge in [-0.25, -0.2) is 4.79 Å². The fraction of sp³-hybridized carbons (Fsp3) is 0.318. The summed E-state index contributed by atoms with van der Waals surface area (Å²) in [5, 5.41) is 3.46. The van der Waals surface area contributed by atoms with E-state index in [2.05, 4.69) is 10.7 Å². The van der Waals surface area contributed by atoms with Crippen LogP contribution in [0.15, 0.2) is 48.5 Å². The number of nitrogens with zero attached hydrogens (tertiary/aromatic N) is 1. The molecule has 1 heterocycles. The maximum atomic E-state index is 13.0. The number of nitrogens with one attached hydrogen (secondary N) is 2. The first-order valence-electron chi connectivity index (χ1n) is 9.80. The Hall–Kier alpha value is -3.35. The van der Waals surface area contributed by atoms with Gasteiger partial charge in [0, 0.05) is 0 Å². The minimum atomic E-state index is -1.19. The molecule has 0 bridgehead atoms. The van der Waals surface area contributed by atoms with Crippen LogP contribution in [0.1, 0.15) is 36.5 Å². The Morgan fingerprint density at radius 1 is 1.14 bits per heavy atom. The van der Waals surface area contributed by atoms with Crippen molar-refractivity contribution < 1.29 is 19.1 Å². The first kappa shape index (κ1) is 19.0.